The van der Waals surface area contributed by atoms with E-state index in [1.54, 1.807) is 42.2 Å². The van der Waals surface area contributed by atoms with E-state index in [0.717, 1.165) is 43.2 Å². The van der Waals surface area contributed by atoms with Gasteiger partial charge in [-0.1, -0.05) is 120 Å². The molecule has 7 amide bonds. The number of guanidine groups is 1. The predicted molar refractivity (Wildman–Crippen MR) is 294 cm³/mol. The molecule has 426 valence electrons. The molecule has 3 fully saturated rings. The van der Waals surface area contributed by atoms with Crippen molar-refractivity contribution < 1.29 is 43.4 Å². The molecule has 2 aromatic carbocycles. The van der Waals surface area contributed by atoms with E-state index in [1.807, 2.05) is 63.2 Å². The quantitative estimate of drug-likeness (QED) is 0.0656. The molecule has 2 saturated heterocycles. The molecule has 4 aliphatic heterocycles. The summed E-state index contributed by atoms with van der Waals surface area (Å²) >= 11 is 0. The van der Waals surface area contributed by atoms with Crippen molar-refractivity contribution in [3.8, 4) is 0 Å². The third-order valence-corrected chi connectivity index (χ3v) is 16.5. The van der Waals surface area contributed by atoms with Gasteiger partial charge in [-0.25, -0.2) is 0 Å². The van der Waals surface area contributed by atoms with Gasteiger partial charge < -0.3 is 61.3 Å². The van der Waals surface area contributed by atoms with Gasteiger partial charge in [0, 0.05) is 59.3 Å². The number of nitrogens with one attached hydrogen (secondary N) is 5. The molecule has 0 aromatic heterocycles. The number of ether oxygens (including phenoxy) is 1. The molecule has 0 spiro atoms. The van der Waals surface area contributed by atoms with Crippen molar-refractivity contribution in [2.45, 2.75) is 172 Å². The van der Waals surface area contributed by atoms with Gasteiger partial charge in [0.15, 0.2) is 12.2 Å². The van der Waals surface area contributed by atoms with Crippen LogP contribution in [-0.2, 0) is 44.8 Å². The first-order valence-electron chi connectivity index (χ1n) is 28.3. The van der Waals surface area contributed by atoms with Crippen LogP contribution in [0.25, 0.3) is 0 Å². The van der Waals surface area contributed by atoms with Gasteiger partial charge in [-0.05, 0) is 73.0 Å². The van der Waals surface area contributed by atoms with Crippen LogP contribution in [0, 0.1) is 23.2 Å². The highest BCUT2D eigenvalue weighted by Crippen LogP contribution is 2.38. The van der Waals surface area contributed by atoms with Crippen LogP contribution in [0.1, 0.15) is 140 Å². The number of nitrogens with two attached hydrogens (primary N) is 1. The van der Waals surface area contributed by atoms with Gasteiger partial charge in [0.05, 0.1) is 6.61 Å². The summed E-state index contributed by atoms with van der Waals surface area (Å²) in [6, 6.07) is 9.68. The Hall–Kier alpha value is -6.70. The number of rotatable bonds is 22. The van der Waals surface area contributed by atoms with Crippen molar-refractivity contribution in [1.29, 1.82) is 5.41 Å². The van der Waals surface area contributed by atoms with Crippen molar-refractivity contribution in [2.75, 3.05) is 40.3 Å². The molecule has 20 heteroatoms. The first-order valence-corrected chi connectivity index (χ1v) is 28.3. The van der Waals surface area contributed by atoms with Gasteiger partial charge >= 0.3 is 0 Å². The van der Waals surface area contributed by atoms with Crippen LogP contribution in [0.4, 0.5) is 0 Å². The maximum absolute atomic E-state index is 15.5. The molecule has 7 rings (SSSR count). The molecule has 1 aliphatic carbocycles. The molecule has 9 atom stereocenters. The molecule has 0 bridgehead atoms. The zero-order chi connectivity index (χ0) is 56.2. The Kier molecular flexibility index (Phi) is 20.6. The van der Waals surface area contributed by atoms with Crippen molar-refractivity contribution >= 4 is 47.3 Å². The van der Waals surface area contributed by atoms with Gasteiger partial charge in [-0.15, -0.1) is 0 Å². The van der Waals surface area contributed by atoms with Crippen molar-refractivity contribution in [3.63, 3.8) is 0 Å². The number of carbonyl (C=O) groups excluding carboxylic acids is 7. The summed E-state index contributed by atoms with van der Waals surface area (Å²) in [7, 11) is 3.35. The zero-order valence-corrected chi connectivity index (χ0v) is 46.5. The molecule has 20 nitrogen and oxygen atoms in total. The van der Waals surface area contributed by atoms with Crippen LogP contribution >= 0.6 is 0 Å². The fourth-order valence-corrected chi connectivity index (χ4v) is 12.4. The molecular formula is C58H85N11O9. The van der Waals surface area contributed by atoms with Gasteiger partial charge in [0.1, 0.15) is 48.6 Å². The lowest BCUT2D eigenvalue weighted by molar-refractivity contribution is -0.147. The Morgan fingerprint density at radius 2 is 1.51 bits per heavy atom. The van der Waals surface area contributed by atoms with Crippen LogP contribution in [-0.4, -0.2) is 160 Å². The second-order valence-electron chi connectivity index (χ2n) is 22.7. The number of nitrogens with zero attached hydrogens (tertiary/aromatic N) is 5. The van der Waals surface area contributed by atoms with E-state index in [0.29, 0.717) is 63.6 Å². The van der Waals surface area contributed by atoms with E-state index in [2.05, 4.69) is 21.3 Å². The number of benzene rings is 2. The lowest BCUT2D eigenvalue weighted by atomic mass is 9.84. The number of likely N-dealkylation sites (N-methyl/N-ethyl adjacent to an activating group) is 1. The number of carbonyl (C=O) groups is 7. The zero-order valence-electron chi connectivity index (χ0n) is 46.5. The molecule has 8 N–H and O–H groups in total. The summed E-state index contributed by atoms with van der Waals surface area (Å²) in [5.74, 6) is -3.68. The van der Waals surface area contributed by atoms with E-state index >= 15 is 19.2 Å². The number of likely N-dealkylation sites (tertiary alicyclic amines) is 2. The van der Waals surface area contributed by atoms with E-state index in [1.165, 1.54) is 27.9 Å². The van der Waals surface area contributed by atoms with Crippen LogP contribution in [0.2, 0.25) is 0 Å². The third kappa shape index (κ3) is 14.1. The van der Waals surface area contributed by atoms with Crippen LogP contribution in [0.15, 0.2) is 67.1 Å². The number of amides is 7. The second-order valence-corrected chi connectivity index (χ2v) is 22.7. The Morgan fingerprint density at radius 1 is 0.821 bits per heavy atom. The lowest BCUT2D eigenvalue weighted by Gasteiger charge is -2.39. The van der Waals surface area contributed by atoms with E-state index in [-0.39, 0.29) is 49.1 Å². The second kappa shape index (κ2) is 27.3. The van der Waals surface area contributed by atoms with Crippen LogP contribution in [0.5, 0.6) is 0 Å². The number of fused-ring (bicyclic) bond motifs is 1. The highest BCUT2D eigenvalue weighted by molar-refractivity contribution is 5.98. The maximum atomic E-state index is 15.5. The molecule has 0 radical (unpaired) electrons. The molecule has 4 heterocycles. The van der Waals surface area contributed by atoms with E-state index in [9.17, 15) is 19.5 Å². The molecule has 5 aliphatic rings. The standard InChI is InChI=1S/C58H85N11O9/c1-7-8-23-44(54(75)68-29-26-43(39-19-13-10-14-20-39)49(68)52(73)63-46(35-70)57-67(30-31-78-57)47(32-36(2)3)55(76)65(5)6)62-53(74)50-42-22-16-15-21-41(42)34-69(50)56(77)48(40-24-27-66(28-25-40)58(59)60)64-51(72)45(61-37(4)71)33-38-17-11-9-12-18-38/h10,13-16,19-22,30-31,36,38,40,43-50,57,70H,7-9,11-12,17-18,23-29,32-35H2,1-6H3,(H3,59,60)(H,61,71)(H,62,74)(H,63,73)(H,64,72)/t43?,44-,45-,46-,47-,48-,49-,50-,57?/m0/s1. The fraction of sp³-hybridized carbons (Fsp3) is 0.621. The van der Waals surface area contributed by atoms with Crippen molar-refractivity contribution in [3.05, 3.63) is 83.7 Å². The highest BCUT2D eigenvalue weighted by Gasteiger charge is 2.49. The van der Waals surface area contributed by atoms with Crippen molar-refractivity contribution in [2.24, 2.45) is 23.5 Å². The number of aliphatic hydroxyl groups is 1. The monoisotopic (exact) mass is 1080 g/mol. The first kappa shape index (κ1) is 59.0. The minimum absolute atomic E-state index is 0.0505. The molecule has 2 aromatic rings. The number of hydrogen-bond acceptors (Lipinski definition) is 11. The third-order valence-electron chi connectivity index (χ3n) is 16.5. The van der Waals surface area contributed by atoms with Crippen LogP contribution in [0.3, 0.4) is 0 Å². The Bertz CT molecular complexity index is 2460. The lowest BCUT2D eigenvalue weighted by Crippen LogP contribution is -2.61. The molecule has 2 unspecified atom stereocenters. The summed E-state index contributed by atoms with van der Waals surface area (Å²) in [6.07, 6.45) is 10.9. The molecular weight excluding hydrogens is 995 g/mol. The van der Waals surface area contributed by atoms with Gasteiger partial charge in [-0.2, -0.15) is 0 Å². The Morgan fingerprint density at radius 3 is 2.15 bits per heavy atom. The average Bonchev–Trinajstić information content (AvgIpc) is 4.24. The topological polar surface area (TPSA) is 263 Å². The minimum atomic E-state index is -1.20. The van der Waals surface area contributed by atoms with Gasteiger partial charge in [0.2, 0.25) is 41.4 Å². The Labute approximate surface area is 460 Å². The first-order chi connectivity index (χ1) is 37.4. The largest absolute Gasteiger partial charge is 0.474 e. The average molecular weight is 1080 g/mol. The summed E-state index contributed by atoms with van der Waals surface area (Å²) in [5.41, 5.74) is 8.03. The molecule has 1 saturated carbocycles. The van der Waals surface area contributed by atoms with Gasteiger partial charge in [0.25, 0.3) is 0 Å². The van der Waals surface area contributed by atoms with E-state index < -0.39 is 96.5 Å². The summed E-state index contributed by atoms with van der Waals surface area (Å²) in [4.78, 5) is 110. The summed E-state index contributed by atoms with van der Waals surface area (Å²) in [6.45, 7) is 7.82. The fourth-order valence-electron chi connectivity index (χ4n) is 12.4. The maximum Gasteiger partial charge on any atom is 0.248 e. The Balaban J connectivity index is 1.17. The normalized spacial score (nSPS) is 22.4. The highest BCUT2D eigenvalue weighted by atomic mass is 16.5. The smallest absolute Gasteiger partial charge is 0.248 e. The van der Waals surface area contributed by atoms with Crippen LogP contribution < -0.4 is 27.0 Å². The number of aliphatic hydroxyl groups excluding tert-OH is 1. The number of hydrogen-bond donors (Lipinski definition) is 7. The predicted octanol–water partition coefficient (Wildman–Crippen LogP) is 3.80. The number of unbranched alkanes of at least 4 members (excludes halogenated alkanes) is 1. The molecule has 78 heavy (non-hydrogen) atoms. The minimum Gasteiger partial charge on any atom is -0.474 e. The summed E-state index contributed by atoms with van der Waals surface area (Å²) < 4.78 is 6.01. The van der Waals surface area contributed by atoms with Crippen molar-refractivity contribution in [1.82, 2.24) is 45.8 Å². The van der Waals surface area contributed by atoms with Gasteiger partial charge in [-0.3, -0.25) is 39.0 Å². The summed E-state index contributed by atoms with van der Waals surface area (Å²) in [5, 5.41) is 31.0. The SMILES string of the molecule is CCCC[C@H](NC(=O)[C@@H]1c2ccccc2CN1C(=O)[C@@H](NC(=O)[C@H](CC1CCCCC1)NC(C)=O)C1CCN(C(=N)N)CC1)C(=O)N1CCC(c2ccccc2)[C@H]1C(=O)N[C@@H](CO)C1OC=CN1[C@@H](CC(C)C)C(=O)N(C)C. The number of piperidine rings is 1. The van der Waals surface area contributed by atoms with E-state index in [4.69, 9.17) is 15.9 Å².